The largest absolute Gasteiger partial charge is 0.383 e. The van der Waals surface area contributed by atoms with Crippen molar-refractivity contribution in [1.29, 1.82) is 5.26 Å². The fourth-order valence-corrected chi connectivity index (χ4v) is 3.47. The second kappa shape index (κ2) is 9.17. The van der Waals surface area contributed by atoms with Crippen molar-refractivity contribution in [2.45, 2.75) is 11.7 Å². The Bertz CT molecular complexity index is 1100. The Balaban J connectivity index is 1.82. The van der Waals surface area contributed by atoms with Gasteiger partial charge >= 0.3 is 0 Å². The zero-order valence-corrected chi connectivity index (χ0v) is 16.0. The normalized spacial score (nSPS) is 10.6. The van der Waals surface area contributed by atoms with Crippen LogP contribution < -0.4 is 10.9 Å². The molecule has 1 amide bonds. The highest BCUT2D eigenvalue weighted by atomic mass is 32.2. The molecule has 0 atom stereocenters. The number of benzene rings is 2. The predicted octanol–water partition coefficient (Wildman–Crippen LogP) is 2.65. The number of nitrogens with one attached hydrogen (secondary N) is 1. The molecule has 2 aromatic carbocycles. The van der Waals surface area contributed by atoms with Gasteiger partial charge in [-0.15, -0.1) is 0 Å². The number of rotatable bonds is 7. The molecule has 0 aliphatic rings. The summed E-state index contributed by atoms with van der Waals surface area (Å²) in [6.45, 7) is 0.698. The average molecular weight is 394 g/mol. The number of hydrogen-bond acceptors (Lipinski definition) is 6. The van der Waals surface area contributed by atoms with Crippen LogP contribution in [0.2, 0.25) is 0 Å². The van der Waals surface area contributed by atoms with Gasteiger partial charge in [0, 0.05) is 7.11 Å². The molecule has 1 aromatic heterocycles. The van der Waals surface area contributed by atoms with Gasteiger partial charge in [-0.05, 0) is 24.3 Å². The lowest BCUT2D eigenvalue weighted by Crippen LogP contribution is -2.26. The first kappa shape index (κ1) is 19.6. The Labute approximate surface area is 166 Å². The molecule has 7 nitrogen and oxygen atoms in total. The van der Waals surface area contributed by atoms with E-state index in [1.54, 1.807) is 49.6 Å². The number of carbonyl (C=O) groups excluding carboxylic acids is 1. The highest BCUT2D eigenvalue weighted by Crippen LogP contribution is 2.19. The molecule has 0 radical (unpaired) electrons. The van der Waals surface area contributed by atoms with Gasteiger partial charge in [-0.1, -0.05) is 36.0 Å². The number of aromatic nitrogens is 2. The molecule has 0 saturated carbocycles. The first-order chi connectivity index (χ1) is 13.6. The summed E-state index contributed by atoms with van der Waals surface area (Å²) in [5, 5.41) is 12.8. The van der Waals surface area contributed by atoms with E-state index in [9.17, 15) is 9.59 Å². The second-order valence-electron chi connectivity index (χ2n) is 5.86. The van der Waals surface area contributed by atoms with Gasteiger partial charge in [0.2, 0.25) is 5.91 Å². The van der Waals surface area contributed by atoms with Gasteiger partial charge < -0.3 is 10.1 Å². The quantitative estimate of drug-likeness (QED) is 0.489. The molecule has 0 aliphatic heterocycles. The van der Waals surface area contributed by atoms with Crippen LogP contribution in [0, 0.1) is 11.3 Å². The van der Waals surface area contributed by atoms with Crippen LogP contribution >= 0.6 is 11.8 Å². The number of ether oxygens (including phenoxy) is 1. The minimum atomic E-state index is -0.284. The molecule has 1 heterocycles. The number of fused-ring (bicyclic) bond motifs is 1. The lowest BCUT2D eigenvalue weighted by molar-refractivity contribution is -0.113. The SMILES string of the molecule is COCCn1c(SCC(=O)Nc2ccccc2C#N)nc2ccccc2c1=O. The Morgan fingerprint density at radius 1 is 1.25 bits per heavy atom. The van der Waals surface area contributed by atoms with E-state index in [0.29, 0.717) is 40.5 Å². The first-order valence-electron chi connectivity index (χ1n) is 8.54. The van der Waals surface area contributed by atoms with Gasteiger partial charge in [-0.25, -0.2) is 4.98 Å². The van der Waals surface area contributed by atoms with Crippen LogP contribution in [0.4, 0.5) is 5.69 Å². The average Bonchev–Trinajstić information content (AvgIpc) is 2.72. The number of para-hydroxylation sites is 2. The molecule has 3 aromatic rings. The van der Waals surface area contributed by atoms with Crippen molar-refractivity contribution in [1.82, 2.24) is 9.55 Å². The van der Waals surface area contributed by atoms with Crippen molar-refractivity contribution >= 4 is 34.3 Å². The van der Waals surface area contributed by atoms with E-state index in [2.05, 4.69) is 10.3 Å². The smallest absolute Gasteiger partial charge is 0.262 e. The van der Waals surface area contributed by atoms with Crippen molar-refractivity contribution in [2.75, 3.05) is 24.8 Å². The molecule has 0 unspecified atom stereocenters. The summed E-state index contributed by atoms with van der Waals surface area (Å²) in [7, 11) is 1.56. The van der Waals surface area contributed by atoms with Gasteiger partial charge in [-0.2, -0.15) is 5.26 Å². The van der Waals surface area contributed by atoms with E-state index in [1.807, 2.05) is 12.1 Å². The van der Waals surface area contributed by atoms with Gasteiger partial charge in [0.25, 0.3) is 5.56 Å². The number of nitrogens with zero attached hydrogens (tertiary/aromatic N) is 3. The molecule has 8 heteroatoms. The standard InChI is InChI=1S/C20H18N4O3S/c1-27-11-10-24-19(26)15-7-3-5-9-17(15)23-20(24)28-13-18(25)22-16-8-4-2-6-14(16)12-21/h2-9H,10-11,13H2,1H3,(H,22,25). The van der Waals surface area contributed by atoms with Gasteiger partial charge in [0.1, 0.15) is 6.07 Å². The number of anilines is 1. The molecule has 0 spiro atoms. The third-order valence-corrected chi connectivity index (χ3v) is 4.98. The van der Waals surface area contributed by atoms with Crippen LogP contribution in [0.5, 0.6) is 0 Å². The van der Waals surface area contributed by atoms with E-state index in [4.69, 9.17) is 10.00 Å². The first-order valence-corrected chi connectivity index (χ1v) is 9.53. The van der Waals surface area contributed by atoms with E-state index in [1.165, 1.54) is 16.3 Å². The summed E-state index contributed by atoms with van der Waals surface area (Å²) in [5.74, 6) is -0.231. The summed E-state index contributed by atoms with van der Waals surface area (Å²) >= 11 is 1.17. The minimum Gasteiger partial charge on any atom is -0.383 e. The van der Waals surface area contributed by atoms with Crippen LogP contribution in [0.3, 0.4) is 0 Å². The van der Waals surface area contributed by atoms with Gasteiger partial charge in [-0.3, -0.25) is 14.2 Å². The number of hydrogen-bond donors (Lipinski definition) is 1. The summed E-state index contributed by atoms with van der Waals surface area (Å²) in [5.41, 5.74) is 1.26. The molecule has 142 valence electrons. The van der Waals surface area contributed by atoms with E-state index in [0.717, 1.165) is 0 Å². The summed E-state index contributed by atoms with van der Waals surface area (Å²) < 4.78 is 6.61. The minimum absolute atomic E-state index is 0.0531. The van der Waals surface area contributed by atoms with E-state index in [-0.39, 0.29) is 17.2 Å². The highest BCUT2D eigenvalue weighted by Gasteiger charge is 2.14. The van der Waals surface area contributed by atoms with Crippen molar-refractivity contribution in [3.8, 4) is 6.07 Å². The maximum Gasteiger partial charge on any atom is 0.262 e. The van der Waals surface area contributed by atoms with Crippen molar-refractivity contribution < 1.29 is 9.53 Å². The topological polar surface area (TPSA) is 97.0 Å². The Kier molecular flexibility index (Phi) is 6.42. The predicted molar refractivity (Wildman–Crippen MR) is 108 cm³/mol. The molecular formula is C20H18N4O3S. The lowest BCUT2D eigenvalue weighted by atomic mass is 10.2. The molecular weight excluding hydrogens is 376 g/mol. The summed E-state index contributed by atoms with van der Waals surface area (Å²) in [4.78, 5) is 29.7. The van der Waals surface area contributed by atoms with Crippen LogP contribution in [0.1, 0.15) is 5.56 Å². The number of nitriles is 1. The van der Waals surface area contributed by atoms with Crippen molar-refractivity contribution in [2.24, 2.45) is 0 Å². The third-order valence-electron chi connectivity index (χ3n) is 4.00. The maximum absolute atomic E-state index is 12.8. The van der Waals surface area contributed by atoms with Crippen LogP contribution in [0.15, 0.2) is 58.5 Å². The van der Waals surface area contributed by atoms with Gasteiger partial charge in [0.05, 0.1) is 41.1 Å². The van der Waals surface area contributed by atoms with Crippen LogP contribution in [0.25, 0.3) is 10.9 Å². The molecule has 3 rings (SSSR count). The monoisotopic (exact) mass is 394 g/mol. The summed E-state index contributed by atoms with van der Waals surface area (Å²) in [6, 6.07) is 15.9. The van der Waals surface area contributed by atoms with Crippen molar-refractivity contribution in [3.05, 3.63) is 64.4 Å². The zero-order valence-electron chi connectivity index (χ0n) is 15.2. The van der Waals surface area contributed by atoms with Gasteiger partial charge in [0.15, 0.2) is 5.16 Å². The highest BCUT2D eigenvalue weighted by molar-refractivity contribution is 7.99. The Morgan fingerprint density at radius 3 is 2.79 bits per heavy atom. The molecule has 28 heavy (non-hydrogen) atoms. The summed E-state index contributed by atoms with van der Waals surface area (Å²) in [6.07, 6.45) is 0. The number of methoxy groups -OCH3 is 1. The Morgan fingerprint density at radius 2 is 2.00 bits per heavy atom. The lowest BCUT2D eigenvalue weighted by Gasteiger charge is -2.13. The van der Waals surface area contributed by atoms with Crippen molar-refractivity contribution in [3.63, 3.8) is 0 Å². The third kappa shape index (κ3) is 4.39. The zero-order chi connectivity index (χ0) is 19.9. The number of carbonyl (C=O) groups is 1. The Hall–Kier alpha value is -3.15. The molecule has 0 bridgehead atoms. The number of amides is 1. The molecule has 0 saturated heterocycles. The molecule has 0 aliphatic carbocycles. The van der Waals surface area contributed by atoms with E-state index >= 15 is 0 Å². The molecule has 1 N–H and O–H groups in total. The maximum atomic E-state index is 12.8. The number of thioether (sulfide) groups is 1. The van der Waals surface area contributed by atoms with E-state index < -0.39 is 0 Å². The second-order valence-corrected chi connectivity index (χ2v) is 6.80. The van der Waals surface area contributed by atoms with Crippen LogP contribution in [-0.2, 0) is 16.1 Å². The van der Waals surface area contributed by atoms with Crippen LogP contribution in [-0.4, -0.2) is 34.9 Å². The fraction of sp³-hybridized carbons (Fsp3) is 0.200. The fourth-order valence-electron chi connectivity index (χ4n) is 2.64. The molecule has 0 fully saturated rings.